The molecule has 0 aliphatic rings. The van der Waals surface area contributed by atoms with Gasteiger partial charge in [-0.25, -0.2) is 0 Å². The summed E-state index contributed by atoms with van der Waals surface area (Å²) in [6.07, 6.45) is -4.60. The van der Waals surface area contributed by atoms with Gasteiger partial charge < -0.3 is 14.6 Å². The number of hydrogen-bond acceptors (Lipinski definition) is 3. The summed E-state index contributed by atoms with van der Waals surface area (Å²) in [6, 6.07) is 15.2. The number of benzene rings is 2. The van der Waals surface area contributed by atoms with E-state index in [9.17, 15) is 22.8 Å². The number of likely N-dealkylation sites (N-methyl/N-ethyl adjacent to an activating group) is 1. The maximum Gasteiger partial charge on any atom is 0.406 e. The Morgan fingerprint density at radius 2 is 1.75 bits per heavy atom. The number of para-hydroxylation sites is 1. The Morgan fingerprint density at radius 1 is 1.07 bits per heavy atom. The van der Waals surface area contributed by atoms with E-state index in [-0.39, 0.29) is 12.2 Å². The van der Waals surface area contributed by atoms with Gasteiger partial charge in [0, 0.05) is 18.1 Å². The number of fused-ring (bicyclic) bond motifs is 1. The molecule has 8 heteroatoms. The molecule has 3 aromatic rings. The van der Waals surface area contributed by atoms with Crippen LogP contribution in [0.2, 0.25) is 0 Å². The smallest absolute Gasteiger partial charge is 0.406 e. The molecule has 0 fully saturated rings. The minimum absolute atomic E-state index is 0.161. The van der Waals surface area contributed by atoms with Crippen LogP contribution in [0.25, 0.3) is 11.0 Å². The highest BCUT2D eigenvalue weighted by Crippen LogP contribution is 2.20. The van der Waals surface area contributed by atoms with Crippen LogP contribution in [-0.2, 0) is 11.2 Å². The summed E-state index contributed by atoms with van der Waals surface area (Å²) >= 11 is 0. The summed E-state index contributed by atoms with van der Waals surface area (Å²) in [5.74, 6) is -0.907. The summed E-state index contributed by atoms with van der Waals surface area (Å²) < 4.78 is 42.5. The number of nitrogens with zero attached hydrogens (tertiary/aromatic N) is 1. The fraction of sp³-hybridized carbons (Fsp3) is 0.200. The van der Waals surface area contributed by atoms with Crippen LogP contribution in [0.1, 0.15) is 16.1 Å². The van der Waals surface area contributed by atoms with Gasteiger partial charge >= 0.3 is 6.18 Å². The van der Waals surface area contributed by atoms with E-state index in [1.54, 1.807) is 42.5 Å². The topological polar surface area (TPSA) is 62.6 Å². The van der Waals surface area contributed by atoms with Crippen LogP contribution in [0.3, 0.4) is 0 Å². The molecule has 0 saturated heterocycles. The lowest BCUT2D eigenvalue weighted by Gasteiger charge is -2.19. The summed E-state index contributed by atoms with van der Waals surface area (Å²) in [6.45, 7) is -1.29. The predicted molar refractivity (Wildman–Crippen MR) is 98.0 cm³/mol. The van der Waals surface area contributed by atoms with Gasteiger partial charge in [0.2, 0.25) is 5.91 Å². The normalized spacial score (nSPS) is 11.4. The van der Waals surface area contributed by atoms with Crippen LogP contribution < -0.4 is 5.32 Å². The minimum atomic E-state index is -4.44. The maximum atomic E-state index is 12.3. The largest absolute Gasteiger partial charge is 0.451 e. The summed E-state index contributed by atoms with van der Waals surface area (Å²) in [4.78, 5) is 24.8. The van der Waals surface area contributed by atoms with E-state index in [0.717, 1.165) is 12.4 Å². The van der Waals surface area contributed by atoms with Crippen molar-refractivity contribution in [3.8, 4) is 0 Å². The number of carbonyl (C=O) groups excluding carboxylic acids is 2. The molecule has 0 saturated carbocycles. The van der Waals surface area contributed by atoms with Crippen LogP contribution in [-0.4, -0.2) is 36.5 Å². The number of furan rings is 1. The fourth-order valence-electron chi connectivity index (χ4n) is 2.66. The highest BCUT2D eigenvalue weighted by Gasteiger charge is 2.31. The van der Waals surface area contributed by atoms with Crippen molar-refractivity contribution in [1.29, 1.82) is 0 Å². The van der Waals surface area contributed by atoms with E-state index in [0.29, 0.717) is 21.7 Å². The van der Waals surface area contributed by atoms with Crippen LogP contribution in [0, 0.1) is 0 Å². The van der Waals surface area contributed by atoms with Crippen molar-refractivity contribution < 1.29 is 27.2 Å². The number of halogens is 3. The van der Waals surface area contributed by atoms with Crippen molar-refractivity contribution in [1.82, 2.24) is 4.90 Å². The monoisotopic (exact) mass is 390 g/mol. The van der Waals surface area contributed by atoms with E-state index < -0.39 is 24.5 Å². The first-order chi connectivity index (χ1) is 13.2. The molecular formula is C20H17F3N2O3. The van der Waals surface area contributed by atoms with Crippen molar-refractivity contribution in [3.63, 3.8) is 0 Å². The number of rotatable bonds is 5. The van der Waals surface area contributed by atoms with Gasteiger partial charge in [-0.15, -0.1) is 0 Å². The lowest BCUT2D eigenvalue weighted by molar-refractivity contribution is -0.157. The fourth-order valence-corrected chi connectivity index (χ4v) is 2.66. The number of amides is 2. The Hall–Kier alpha value is -3.29. The third-order valence-corrected chi connectivity index (χ3v) is 4.06. The summed E-state index contributed by atoms with van der Waals surface area (Å²) in [5.41, 5.74) is 1.62. The maximum absolute atomic E-state index is 12.3. The standard InChI is InChI=1S/C20H17F3N2O3/c1-25(12-20(21,22)23)18(26)10-13-6-8-15(9-7-13)24-19(27)17-11-14-4-2-3-5-16(14)28-17/h2-9,11H,10,12H2,1H3,(H,24,27). The Labute approximate surface area is 158 Å². The number of nitrogens with one attached hydrogen (secondary N) is 1. The van der Waals surface area contributed by atoms with Crippen LogP contribution in [0.5, 0.6) is 0 Å². The third-order valence-electron chi connectivity index (χ3n) is 4.06. The Bertz CT molecular complexity index is 961. The van der Waals surface area contributed by atoms with Crippen molar-refractivity contribution in [2.75, 3.05) is 18.9 Å². The van der Waals surface area contributed by atoms with Gasteiger partial charge in [0.15, 0.2) is 5.76 Å². The van der Waals surface area contributed by atoms with Crippen LogP contribution >= 0.6 is 0 Å². The molecule has 2 amide bonds. The minimum Gasteiger partial charge on any atom is -0.451 e. The SMILES string of the molecule is CN(CC(F)(F)F)C(=O)Cc1ccc(NC(=O)c2cc3ccccc3o2)cc1. The van der Waals surface area contributed by atoms with Gasteiger partial charge in [0.1, 0.15) is 12.1 Å². The third kappa shape index (κ3) is 4.91. The number of hydrogen-bond donors (Lipinski definition) is 1. The average molecular weight is 390 g/mol. The molecule has 0 bridgehead atoms. The van der Waals surface area contributed by atoms with Crippen molar-refractivity contribution in [2.45, 2.75) is 12.6 Å². The van der Waals surface area contributed by atoms with Crippen molar-refractivity contribution in [2.24, 2.45) is 0 Å². The molecular weight excluding hydrogens is 373 g/mol. The van der Waals surface area contributed by atoms with Gasteiger partial charge in [0.25, 0.3) is 5.91 Å². The molecule has 5 nitrogen and oxygen atoms in total. The molecule has 0 atom stereocenters. The zero-order chi connectivity index (χ0) is 20.3. The lowest BCUT2D eigenvalue weighted by Crippen LogP contribution is -2.36. The molecule has 1 N–H and O–H groups in total. The van der Waals surface area contributed by atoms with E-state index >= 15 is 0 Å². The first kappa shape index (κ1) is 19.5. The number of alkyl halides is 3. The molecule has 28 heavy (non-hydrogen) atoms. The molecule has 0 spiro atoms. The molecule has 0 aliphatic carbocycles. The zero-order valence-corrected chi connectivity index (χ0v) is 14.9. The zero-order valence-electron chi connectivity index (χ0n) is 14.9. The second-order valence-electron chi connectivity index (χ2n) is 6.34. The van der Waals surface area contributed by atoms with Crippen molar-refractivity contribution in [3.05, 3.63) is 65.9 Å². The molecule has 0 aliphatic heterocycles. The van der Waals surface area contributed by atoms with E-state index in [1.165, 1.54) is 0 Å². The average Bonchev–Trinajstić information content (AvgIpc) is 3.06. The molecule has 3 rings (SSSR count). The molecule has 1 aromatic heterocycles. The molecule has 0 radical (unpaired) electrons. The molecule has 0 unspecified atom stereocenters. The Kier molecular flexibility index (Phi) is 5.39. The Balaban J connectivity index is 1.61. The van der Waals surface area contributed by atoms with E-state index in [2.05, 4.69) is 5.32 Å². The molecule has 146 valence electrons. The highest BCUT2D eigenvalue weighted by atomic mass is 19.4. The second-order valence-corrected chi connectivity index (χ2v) is 6.34. The van der Waals surface area contributed by atoms with Crippen LogP contribution in [0.4, 0.5) is 18.9 Å². The first-order valence-electron chi connectivity index (χ1n) is 8.41. The van der Waals surface area contributed by atoms with Gasteiger partial charge in [-0.1, -0.05) is 30.3 Å². The van der Waals surface area contributed by atoms with E-state index in [4.69, 9.17) is 4.42 Å². The Morgan fingerprint density at radius 3 is 2.39 bits per heavy atom. The lowest BCUT2D eigenvalue weighted by atomic mass is 10.1. The van der Waals surface area contributed by atoms with E-state index in [1.807, 2.05) is 12.1 Å². The van der Waals surface area contributed by atoms with Gasteiger partial charge in [-0.2, -0.15) is 13.2 Å². The van der Waals surface area contributed by atoms with Gasteiger partial charge in [-0.05, 0) is 29.8 Å². The van der Waals surface area contributed by atoms with Crippen LogP contribution in [0.15, 0.2) is 59.0 Å². The predicted octanol–water partition coefficient (Wildman–Crippen LogP) is 4.25. The van der Waals surface area contributed by atoms with Gasteiger partial charge in [0.05, 0.1) is 6.42 Å². The van der Waals surface area contributed by atoms with Crippen molar-refractivity contribution >= 4 is 28.5 Å². The number of carbonyl (C=O) groups is 2. The first-order valence-corrected chi connectivity index (χ1v) is 8.41. The molecule has 2 aromatic carbocycles. The highest BCUT2D eigenvalue weighted by molar-refractivity contribution is 6.04. The quantitative estimate of drug-likeness (QED) is 0.709. The second kappa shape index (κ2) is 7.75. The van der Waals surface area contributed by atoms with Gasteiger partial charge in [-0.3, -0.25) is 9.59 Å². The molecule has 1 heterocycles. The summed E-state index contributed by atoms with van der Waals surface area (Å²) in [5, 5.41) is 3.49. The number of anilines is 1. The summed E-state index contributed by atoms with van der Waals surface area (Å²) in [7, 11) is 1.11.